The molecule has 0 radical (unpaired) electrons. The first-order valence-corrected chi connectivity index (χ1v) is 2.81. The van der Waals surface area contributed by atoms with E-state index in [0.29, 0.717) is 0 Å². The van der Waals surface area contributed by atoms with Crippen LogP contribution in [0.2, 0.25) is 0 Å². The van der Waals surface area contributed by atoms with Gasteiger partial charge in [-0.2, -0.15) is 0 Å². The molecule has 56 valence electrons. The second-order valence-electron chi connectivity index (χ2n) is 3.06. The summed E-state index contributed by atoms with van der Waals surface area (Å²) in [6, 6.07) is 0. The molecule has 9 heavy (non-hydrogen) atoms. The van der Waals surface area contributed by atoms with Gasteiger partial charge in [0.2, 0.25) is 5.92 Å². The molecular formula is C6H12F2O. The molecule has 0 aliphatic rings. The normalized spacial score (nSPS) is 14.0. The molecular weight excluding hydrogens is 126 g/mol. The summed E-state index contributed by atoms with van der Waals surface area (Å²) in [6.07, 6.45) is -0.486. The molecule has 3 heteroatoms. The van der Waals surface area contributed by atoms with Crippen LogP contribution in [0.15, 0.2) is 0 Å². The van der Waals surface area contributed by atoms with Gasteiger partial charge in [-0.25, -0.2) is 8.78 Å². The predicted molar refractivity (Wildman–Crippen MR) is 31.5 cm³/mol. The standard InChI is InChI=1S/C6H12F2O/c1-5(2,9)4-6(3,7)8/h9H,4H2,1-3H3. The quantitative estimate of drug-likeness (QED) is 0.616. The zero-order valence-corrected chi connectivity index (χ0v) is 5.91. The molecule has 0 heterocycles. The van der Waals surface area contributed by atoms with Gasteiger partial charge in [0.25, 0.3) is 0 Å². The van der Waals surface area contributed by atoms with Crippen molar-refractivity contribution >= 4 is 0 Å². The van der Waals surface area contributed by atoms with Crippen LogP contribution in [-0.4, -0.2) is 16.6 Å². The largest absolute Gasteiger partial charge is 0.390 e. The van der Waals surface area contributed by atoms with Crippen molar-refractivity contribution in [3.05, 3.63) is 0 Å². The van der Waals surface area contributed by atoms with Crippen LogP contribution in [0.4, 0.5) is 8.78 Å². The van der Waals surface area contributed by atoms with E-state index in [2.05, 4.69) is 0 Å². The fourth-order valence-corrected chi connectivity index (χ4v) is 0.760. The highest BCUT2D eigenvalue weighted by atomic mass is 19.3. The van der Waals surface area contributed by atoms with Gasteiger partial charge in [0, 0.05) is 6.42 Å². The minimum atomic E-state index is -2.77. The Morgan fingerprint density at radius 2 is 1.56 bits per heavy atom. The van der Waals surface area contributed by atoms with Gasteiger partial charge >= 0.3 is 0 Å². The molecule has 0 saturated carbocycles. The molecule has 0 aliphatic heterocycles. The van der Waals surface area contributed by atoms with E-state index in [1.807, 2.05) is 0 Å². The molecule has 0 unspecified atom stereocenters. The Morgan fingerprint density at radius 1 is 1.22 bits per heavy atom. The highest BCUT2D eigenvalue weighted by Gasteiger charge is 2.29. The van der Waals surface area contributed by atoms with Crippen molar-refractivity contribution in [1.29, 1.82) is 0 Å². The summed E-state index contributed by atoms with van der Waals surface area (Å²) in [5.74, 6) is -2.77. The van der Waals surface area contributed by atoms with E-state index in [-0.39, 0.29) is 0 Å². The summed E-state index contributed by atoms with van der Waals surface area (Å²) < 4.78 is 24.1. The zero-order valence-electron chi connectivity index (χ0n) is 5.91. The van der Waals surface area contributed by atoms with Gasteiger partial charge in [0.1, 0.15) is 0 Å². The van der Waals surface area contributed by atoms with Crippen LogP contribution in [0.3, 0.4) is 0 Å². The maximum absolute atomic E-state index is 12.1. The number of halogens is 2. The van der Waals surface area contributed by atoms with Crippen molar-refractivity contribution < 1.29 is 13.9 Å². The van der Waals surface area contributed by atoms with Crippen molar-refractivity contribution in [2.75, 3.05) is 0 Å². The van der Waals surface area contributed by atoms with Crippen LogP contribution in [0.25, 0.3) is 0 Å². The van der Waals surface area contributed by atoms with Crippen LogP contribution in [0, 0.1) is 0 Å². The van der Waals surface area contributed by atoms with Gasteiger partial charge in [0.15, 0.2) is 0 Å². The molecule has 0 fully saturated rings. The number of aliphatic hydroxyl groups is 1. The zero-order chi connectivity index (χ0) is 7.71. The van der Waals surface area contributed by atoms with Crippen LogP contribution in [-0.2, 0) is 0 Å². The van der Waals surface area contributed by atoms with Crippen LogP contribution >= 0.6 is 0 Å². The van der Waals surface area contributed by atoms with E-state index >= 15 is 0 Å². The maximum atomic E-state index is 12.1. The molecule has 0 aromatic carbocycles. The molecule has 0 amide bonds. The van der Waals surface area contributed by atoms with E-state index in [0.717, 1.165) is 6.92 Å². The molecule has 1 N–H and O–H groups in total. The molecule has 0 aliphatic carbocycles. The molecule has 0 bridgehead atoms. The van der Waals surface area contributed by atoms with Crippen LogP contribution in [0.5, 0.6) is 0 Å². The maximum Gasteiger partial charge on any atom is 0.248 e. The van der Waals surface area contributed by atoms with Crippen molar-refractivity contribution in [1.82, 2.24) is 0 Å². The second kappa shape index (κ2) is 2.21. The van der Waals surface area contributed by atoms with Gasteiger partial charge < -0.3 is 5.11 Å². The van der Waals surface area contributed by atoms with Gasteiger partial charge in [-0.15, -0.1) is 0 Å². The lowest BCUT2D eigenvalue weighted by molar-refractivity contribution is -0.0605. The minimum Gasteiger partial charge on any atom is -0.390 e. The Hall–Kier alpha value is -0.180. The highest BCUT2D eigenvalue weighted by Crippen LogP contribution is 2.24. The van der Waals surface area contributed by atoms with E-state index < -0.39 is 17.9 Å². The van der Waals surface area contributed by atoms with Crippen molar-refractivity contribution in [3.8, 4) is 0 Å². The molecule has 0 aromatic heterocycles. The van der Waals surface area contributed by atoms with E-state index in [9.17, 15) is 8.78 Å². The van der Waals surface area contributed by atoms with Gasteiger partial charge in [-0.1, -0.05) is 0 Å². The topological polar surface area (TPSA) is 20.2 Å². The molecule has 0 spiro atoms. The number of alkyl halides is 2. The Balaban J connectivity index is 3.75. The lowest BCUT2D eigenvalue weighted by Gasteiger charge is -2.21. The number of hydrogen-bond donors (Lipinski definition) is 1. The van der Waals surface area contributed by atoms with E-state index in [1.54, 1.807) is 0 Å². The fourth-order valence-electron chi connectivity index (χ4n) is 0.760. The first-order chi connectivity index (χ1) is 3.71. The number of hydrogen-bond acceptors (Lipinski definition) is 1. The third-order valence-corrected chi connectivity index (χ3v) is 0.743. The van der Waals surface area contributed by atoms with Crippen molar-refractivity contribution in [3.63, 3.8) is 0 Å². The lowest BCUT2D eigenvalue weighted by atomic mass is 10.0. The summed E-state index contributed by atoms with van der Waals surface area (Å²) in [5, 5.41) is 8.87. The molecule has 0 atom stereocenters. The average molecular weight is 138 g/mol. The smallest absolute Gasteiger partial charge is 0.248 e. The van der Waals surface area contributed by atoms with Gasteiger partial charge in [-0.05, 0) is 20.8 Å². The van der Waals surface area contributed by atoms with Crippen LogP contribution < -0.4 is 0 Å². The molecule has 0 rings (SSSR count). The second-order valence-corrected chi connectivity index (χ2v) is 3.06. The third-order valence-electron chi connectivity index (χ3n) is 0.743. The van der Waals surface area contributed by atoms with Crippen LogP contribution in [0.1, 0.15) is 27.2 Å². The average Bonchev–Trinajstić information content (AvgIpc) is 1.14. The summed E-state index contributed by atoms with van der Waals surface area (Å²) in [7, 11) is 0. The van der Waals surface area contributed by atoms with Gasteiger partial charge in [-0.3, -0.25) is 0 Å². The minimum absolute atomic E-state index is 0.486. The summed E-state index contributed by atoms with van der Waals surface area (Å²) >= 11 is 0. The summed E-state index contributed by atoms with van der Waals surface area (Å²) in [5.41, 5.74) is -1.27. The molecule has 0 aromatic rings. The van der Waals surface area contributed by atoms with E-state index in [1.165, 1.54) is 13.8 Å². The number of rotatable bonds is 2. The Bertz CT molecular complexity index is 76.2. The lowest BCUT2D eigenvalue weighted by Crippen LogP contribution is -2.28. The fraction of sp³-hybridized carbons (Fsp3) is 1.00. The Morgan fingerprint density at radius 3 is 1.56 bits per heavy atom. The van der Waals surface area contributed by atoms with Gasteiger partial charge in [0.05, 0.1) is 5.60 Å². The predicted octanol–water partition coefficient (Wildman–Crippen LogP) is 1.80. The van der Waals surface area contributed by atoms with E-state index in [4.69, 9.17) is 5.11 Å². The Labute approximate surface area is 53.7 Å². The van der Waals surface area contributed by atoms with Crippen molar-refractivity contribution in [2.45, 2.75) is 38.7 Å². The first-order valence-electron chi connectivity index (χ1n) is 2.81. The monoisotopic (exact) mass is 138 g/mol. The Kier molecular flexibility index (Phi) is 2.17. The highest BCUT2D eigenvalue weighted by molar-refractivity contribution is 4.72. The first kappa shape index (κ1) is 8.82. The molecule has 1 nitrogen and oxygen atoms in total. The summed E-state index contributed by atoms with van der Waals surface area (Å²) in [6.45, 7) is 3.53. The van der Waals surface area contributed by atoms with Crippen molar-refractivity contribution in [2.24, 2.45) is 0 Å². The summed E-state index contributed by atoms with van der Waals surface area (Å²) in [4.78, 5) is 0. The SMILES string of the molecule is CC(C)(O)CC(C)(F)F. The third kappa shape index (κ3) is 7.82. The molecule has 0 saturated heterocycles.